The molecule has 2 nitrogen and oxygen atoms in total. The van der Waals surface area contributed by atoms with Crippen LogP contribution in [0.25, 0.3) is 0 Å². The molecule has 0 heterocycles. The molecule has 0 aliphatic heterocycles. The minimum Gasteiger partial charge on any atom is -0.496 e. The first-order chi connectivity index (χ1) is 10.1. The Hall–Kier alpha value is -1.03. The zero-order chi connectivity index (χ0) is 15.2. The van der Waals surface area contributed by atoms with Crippen LogP contribution >= 0.6 is 27.5 Å². The Morgan fingerprint density at radius 1 is 1.24 bits per heavy atom. The lowest BCUT2D eigenvalue weighted by atomic mass is 9.98. The van der Waals surface area contributed by atoms with Gasteiger partial charge in [0.1, 0.15) is 5.75 Å². The smallest absolute Gasteiger partial charge is 0.125 e. The number of benzene rings is 2. The van der Waals surface area contributed by atoms with Gasteiger partial charge in [-0.15, -0.1) is 0 Å². The average Bonchev–Trinajstić information content (AvgIpc) is 2.47. The summed E-state index contributed by atoms with van der Waals surface area (Å²) < 4.78 is 6.58. The molecular weight excluding hydrogens is 350 g/mol. The van der Waals surface area contributed by atoms with Crippen LogP contribution in [0.1, 0.15) is 24.1 Å². The highest BCUT2D eigenvalue weighted by molar-refractivity contribution is 9.10. The van der Waals surface area contributed by atoms with Crippen molar-refractivity contribution in [3.05, 3.63) is 63.1 Å². The highest BCUT2D eigenvalue weighted by atomic mass is 79.9. The molecule has 0 saturated heterocycles. The second-order valence-electron chi connectivity index (χ2n) is 4.83. The lowest BCUT2D eigenvalue weighted by molar-refractivity contribution is 0.399. The van der Waals surface area contributed by atoms with E-state index in [-0.39, 0.29) is 6.04 Å². The third kappa shape index (κ3) is 4.47. The summed E-state index contributed by atoms with van der Waals surface area (Å²) in [6.07, 6.45) is 0.894. The Morgan fingerprint density at radius 2 is 2.05 bits per heavy atom. The first-order valence-corrected chi connectivity index (χ1v) is 8.12. The van der Waals surface area contributed by atoms with Gasteiger partial charge in [0.25, 0.3) is 0 Å². The van der Waals surface area contributed by atoms with Crippen molar-refractivity contribution in [2.24, 2.45) is 0 Å². The molecule has 0 aliphatic rings. The molecule has 2 aromatic carbocycles. The average molecular weight is 369 g/mol. The molecule has 0 aromatic heterocycles. The number of hydrogen-bond acceptors (Lipinski definition) is 2. The maximum atomic E-state index is 6.05. The topological polar surface area (TPSA) is 21.3 Å². The number of rotatable bonds is 6. The summed E-state index contributed by atoms with van der Waals surface area (Å²) in [5, 5.41) is 4.21. The van der Waals surface area contributed by atoms with E-state index in [2.05, 4.69) is 46.4 Å². The number of methoxy groups -OCH3 is 1. The Labute approximate surface area is 139 Å². The van der Waals surface area contributed by atoms with Crippen molar-refractivity contribution in [3.63, 3.8) is 0 Å². The summed E-state index contributed by atoms with van der Waals surface area (Å²) >= 11 is 9.57. The van der Waals surface area contributed by atoms with Crippen molar-refractivity contribution in [2.75, 3.05) is 13.7 Å². The molecule has 0 amide bonds. The Morgan fingerprint density at radius 3 is 2.71 bits per heavy atom. The van der Waals surface area contributed by atoms with E-state index in [9.17, 15) is 0 Å². The Bertz CT molecular complexity index is 603. The van der Waals surface area contributed by atoms with Gasteiger partial charge in [0.05, 0.1) is 7.11 Å². The fourth-order valence-corrected chi connectivity index (χ4v) is 3.02. The van der Waals surface area contributed by atoms with Gasteiger partial charge in [-0.1, -0.05) is 52.7 Å². The molecule has 2 rings (SSSR count). The van der Waals surface area contributed by atoms with E-state index in [1.54, 1.807) is 7.11 Å². The normalized spacial score (nSPS) is 12.2. The van der Waals surface area contributed by atoms with Gasteiger partial charge in [0.15, 0.2) is 0 Å². The van der Waals surface area contributed by atoms with Crippen LogP contribution in [-0.2, 0) is 6.42 Å². The summed E-state index contributed by atoms with van der Waals surface area (Å²) in [6.45, 7) is 3.00. The fourth-order valence-electron chi connectivity index (χ4n) is 2.41. The zero-order valence-electron chi connectivity index (χ0n) is 12.2. The van der Waals surface area contributed by atoms with E-state index in [4.69, 9.17) is 16.3 Å². The van der Waals surface area contributed by atoms with Crippen LogP contribution in [0.3, 0.4) is 0 Å². The molecule has 1 unspecified atom stereocenters. The lowest BCUT2D eigenvalue weighted by Gasteiger charge is -2.21. The molecule has 0 saturated carbocycles. The van der Waals surface area contributed by atoms with Gasteiger partial charge in [0, 0.05) is 21.1 Å². The number of nitrogens with one attached hydrogen (secondary N) is 1. The van der Waals surface area contributed by atoms with Crippen molar-refractivity contribution in [1.29, 1.82) is 0 Å². The van der Waals surface area contributed by atoms with Gasteiger partial charge >= 0.3 is 0 Å². The Balaban J connectivity index is 2.30. The van der Waals surface area contributed by atoms with E-state index < -0.39 is 0 Å². The molecule has 4 heteroatoms. The van der Waals surface area contributed by atoms with Crippen molar-refractivity contribution < 1.29 is 4.74 Å². The van der Waals surface area contributed by atoms with Crippen LogP contribution in [-0.4, -0.2) is 13.7 Å². The summed E-state index contributed by atoms with van der Waals surface area (Å²) in [5.74, 6) is 0.823. The standard InChI is InChI=1S/C17H19BrClNO/c1-3-20-16(10-12-5-4-6-13(18)9-12)15-8-7-14(19)11-17(15)21-2/h4-9,11,16,20H,3,10H2,1-2H3. The molecule has 0 spiro atoms. The molecule has 0 fully saturated rings. The quantitative estimate of drug-likeness (QED) is 0.774. The minimum absolute atomic E-state index is 0.191. The minimum atomic E-state index is 0.191. The van der Waals surface area contributed by atoms with Crippen LogP contribution in [0.15, 0.2) is 46.9 Å². The van der Waals surface area contributed by atoms with Gasteiger partial charge in [-0.25, -0.2) is 0 Å². The van der Waals surface area contributed by atoms with E-state index >= 15 is 0 Å². The van der Waals surface area contributed by atoms with Crippen molar-refractivity contribution >= 4 is 27.5 Å². The maximum absolute atomic E-state index is 6.05. The first kappa shape index (κ1) is 16.3. The third-order valence-electron chi connectivity index (χ3n) is 3.35. The summed E-state index contributed by atoms with van der Waals surface area (Å²) in [4.78, 5) is 0. The monoisotopic (exact) mass is 367 g/mol. The van der Waals surface area contributed by atoms with Gasteiger partial charge < -0.3 is 10.1 Å². The number of ether oxygens (including phenoxy) is 1. The van der Waals surface area contributed by atoms with E-state index in [1.807, 2.05) is 24.3 Å². The molecule has 0 bridgehead atoms. The second kappa shape index (κ2) is 7.83. The molecule has 21 heavy (non-hydrogen) atoms. The molecule has 112 valence electrons. The first-order valence-electron chi connectivity index (χ1n) is 6.95. The van der Waals surface area contributed by atoms with E-state index in [0.717, 1.165) is 28.8 Å². The fraction of sp³-hybridized carbons (Fsp3) is 0.294. The maximum Gasteiger partial charge on any atom is 0.125 e. The van der Waals surface area contributed by atoms with Crippen molar-refractivity contribution in [2.45, 2.75) is 19.4 Å². The molecular formula is C17H19BrClNO. The van der Waals surface area contributed by atoms with Gasteiger partial charge in [-0.05, 0) is 42.8 Å². The SMILES string of the molecule is CCNC(Cc1cccc(Br)c1)c1ccc(Cl)cc1OC. The lowest BCUT2D eigenvalue weighted by Crippen LogP contribution is -2.23. The van der Waals surface area contributed by atoms with Crippen LogP contribution < -0.4 is 10.1 Å². The highest BCUT2D eigenvalue weighted by Gasteiger charge is 2.16. The molecule has 1 atom stereocenters. The molecule has 2 aromatic rings. The summed E-state index contributed by atoms with van der Waals surface area (Å²) in [5.41, 5.74) is 2.40. The predicted octanol–water partition coefficient (Wildman–Crippen LogP) is 5.00. The van der Waals surface area contributed by atoms with Gasteiger partial charge in [-0.2, -0.15) is 0 Å². The third-order valence-corrected chi connectivity index (χ3v) is 4.08. The second-order valence-corrected chi connectivity index (χ2v) is 6.18. The van der Waals surface area contributed by atoms with Gasteiger partial charge in [0.2, 0.25) is 0 Å². The molecule has 0 aliphatic carbocycles. The van der Waals surface area contributed by atoms with Crippen molar-refractivity contribution in [3.8, 4) is 5.75 Å². The highest BCUT2D eigenvalue weighted by Crippen LogP contribution is 2.30. The van der Waals surface area contributed by atoms with E-state index in [1.165, 1.54) is 5.56 Å². The molecule has 0 radical (unpaired) electrons. The summed E-state index contributed by atoms with van der Waals surface area (Å²) in [6, 6.07) is 14.4. The molecule has 1 N–H and O–H groups in total. The predicted molar refractivity (Wildman–Crippen MR) is 92.3 cm³/mol. The van der Waals surface area contributed by atoms with Gasteiger partial charge in [-0.3, -0.25) is 0 Å². The largest absolute Gasteiger partial charge is 0.496 e. The van der Waals surface area contributed by atoms with Crippen LogP contribution in [0.4, 0.5) is 0 Å². The van der Waals surface area contributed by atoms with Crippen LogP contribution in [0, 0.1) is 0 Å². The zero-order valence-corrected chi connectivity index (χ0v) is 14.5. The van der Waals surface area contributed by atoms with Crippen LogP contribution in [0.2, 0.25) is 5.02 Å². The van der Waals surface area contributed by atoms with E-state index in [0.29, 0.717) is 5.02 Å². The number of hydrogen-bond donors (Lipinski definition) is 1. The summed E-state index contributed by atoms with van der Waals surface area (Å²) in [7, 11) is 1.68. The Kier molecular flexibility index (Phi) is 6.09. The van der Waals surface area contributed by atoms with Crippen LogP contribution in [0.5, 0.6) is 5.75 Å². The number of halogens is 2. The van der Waals surface area contributed by atoms with Crippen molar-refractivity contribution in [1.82, 2.24) is 5.32 Å². The number of likely N-dealkylation sites (N-methyl/N-ethyl adjacent to an activating group) is 1.